The average Bonchev–Trinajstić information content (AvgIpc) is 3.29. The van der Waals surface area contributed by atoms with Gasteiger partial charge in [0.1, 0.15) is 23.6 Å². The lowest BCUT2D eigenvalue weighted by Crippen LogP contribution is -2.32. The van der Waals surface area contributed by atoms with Gasteiger partial charge in [0.05, 0.1) is 18.5 Å². The van der Waals surface area contributed by atoms with Crippen LogP contribution < -0.4 is 10.5 Å². The predicted molar refractivity (Wildman–Crippen MR) is 144 cm³/mol. The molecule has 188 valence electrons. The van der Waals surface area contributed by atoms with Crippen LogP contribution in [0.1, 0.15) is 51.6 Å². The molecule has 1 fully saturated rings. The maximum Gasteiger partial charge on any atom is 0.167 e. The minimum Gasteiger partial charge on any atom is -0.497 e. The maximum atomic E-state index is 12.8. The largest absolute Gasteiger partial charge is 0.497 e. The molecule has 0 unspecified atom stereocenters. The molecule has 3 heterocycles. The van der Waals surface area contributed by atoms with E-state index in [4.69, 9.17) is 15.6 Å². The number of aromatic nitrogens is 4. The van der Waals surface area contributed by atoms with Crippen LogP contribution in [0.4, 0.5) is 5.82 Å². The van der Waals surface area contributed by atoms with Crippen LogP contribution in [-0.4, -0.2) is 57.7 Å². The number of Topliss-reactive ketones (excluding diaryl/α,β-unsaturated/α-hetero) is 1. The van der Waals surface area contributed by atoms with Gasteiger partial charge in [-0.1, -0.05) is 18.1 Å². The first-order valence-corrected chi connectivity index (χ1v) is 12.4. The lowest BCUT2D eigenvalue weighted by molar-refractivity contribution is 0.0993. The number of anilines is 1. The second kappa shape index (κ2) is 10.4. The number of likely N-dealkylation sites (tertiary alicyclic amines) is 1. The Balaban J connectivity index is 1.44. The number of carbonyl (C=O) groups is 1. The van der Waals surface area contributed by atoms with Crippen LogP contribution in [-0.2, 0) is 6.42 Å². The fourth-order valence-corrected chi connectivity index (χ4v) is 4.68. The molecule has 2 N–H and O–H groups in total. The zero-order chi connectivity index (χ0) is 25.9. The van der Waals surface area contributed by atoms with E-state index in [9.17, 15) is 4.79 Å². The number of rotatable bonds is 5. The highest BCUT2D eigenvalue weighted by molar-refractivity contribution is 5.97. The summed E-state index contributed by atoms with van der Waals surface area (Å²) in [5, 5.41) is 5.54. The third kappa shape index (κ3) is 5.18. The molecule has 2 aromatic carbocycles. The number of piperidine rings is 1. The van der Waals surface area contributed by atoms with E-state index >= 15 is 0 Å². The van der Waals surface area contributed by atoms with Crippen molar-refractivity contribution in [2.24, 2.45) is 0 Å². The predicted octanol–water partition coefficient (Wildman–Crippen LogP) is 3.82. The van der Waals surface area contributed by atoms with Crippen LogP contribution in [0.2, 0.25) is 0 Å². The molecule has 2 aromatic heterocycles. The number of benzene rings is 2. The van der Waals surface area contributed by atoms with Crippen molar-refractivity contribution >= 4 is 22.6 Å². The Morgan fingerprint density at radius 3 is 2.59 bits per heavy atom. The van der Waals surface area contributed by atoms with Gasteiger partial charge in [-0.15, -0.1) is 0 Å². The summed E-state index contributed by atoms with van der Waals surface area (Å²) >= 11 is 0. The summed E-state index contributed by atoms with van der Waals surface area (Å²) in [4.78, 5) is 23.8. The number of aryl methyl sites for hydroxylation is 1. The summed E-state index contributed by atoms with van der Waals surface area (Å²) in [5.74, 6) is 7.64. The summed E-state index contributed by atoms with van der Waals surface area (Å²) < 4.78 is 7.16. The Morgan fingerprint density at radius 2 is 1.86 bits per heavy atom. The van der Waals surface area contributed by atoms with Gasteiger partial charge in [-0.3, -0.25) is 4.79 Å². The molecule has 0 aliphatic carbocycles. The van der Waals surface area contributed by atoms with Gasteiger partial charge in [-0.25, -0.2) is 14.6 Å². The van der Waals surface area contributed by atoms with E-state index in [1.54, 1.807) is 31.4 Å². The van der Waals surface area contributed by atoms with E-state index < -0.39 is 0 Å². The molecule has 0 saturated carbocycles. The van der Waals surface area contributed by atoms with Crippen LogP contribution >= 0.6 is 0 Å². The summed E-state index contributed by atoms with van der Waals surface area (Å²) in [6.45, 7) is 4.02. The van der Waals surface area contributed by atoms with Gasteiger partial charge < -0.3 is 15.4 Å². The maximum absolute atomic E-state index is 12.8. The van der Waals surface area contributed by atoms with Crippen LogP contribution in [0.5, 0.6) is 5.75 Å². The van der Waals surface area contributed by atoms with E-state index in [0.717, 1.165) is 54.0 Å². The summed E-state index contributed by atoms with van der Waals surface area (Å²) in [5.41, 5.74) is 11.0. The lowest BCUT2D eigenvalue weighted by Gasteiger charge is -2.29. The van der Waals surface area contributed by atoms with Crippen LogP contribution in [0, 0.1) is 18.8 Å². The van der Waals surface area contributed by atoms with Crippen molar-refractivity contribution in [1.29, 1.82) is 0 Å². The zero-order valence-corrected chi connectivity index (χ0v) is 21.4. The van der Waals surface area contributed by atoms with Gasteiger partial charge in [-0.2, -0.15) is 5.10 Å². The van der Waals surface area contributed by atoms with E-state index in [2.05, 4.69) is 33.8 Å². The SMILES string of the molecule is COc1ccc(C(=O)Cc2ccc(C)c(C#Cc3nn(C4CCN(C)CC4)c4ncnc(N)c34)c2)cc1. The van der Waals surface area contributed by atoms with E-state index in [0.29, 0.717) is 22.5 Å². The van der Waals surface area contributed by atoms with Crippen molar-refractivity contribution in [2.75, 3.05) is 33.0 Å². The third-order valence-electron chi connectivity index (χ3n) is 6.95. The first-order valence-electron chi connectivity index (χ1n) is 12.4. The standard InChI is InChI=1S/C29H30N6O2/c1-19-4-5-20(17-26(36)21-6-9-24(37-3)10-7-21)16-22(19)8-11-25-27-28(30)31-18-32-29(27)35(33-25)23-12-14-34(2)15-13-23/h4-7,9-10,16,18,23H,12-15,17H2,1-3H3,(H2,30,31,32). The number of nitrogens with two attached hydrogens (primary N) is 1. The van der Waals surface area contributed by atoms with Gasteiger partial charge in [0.25, 0.3) is 0 Å². The number of ketones is 1. The molecule has 0 radical (unpaired) electrons. The third-order valence-corrected chi connectivity index (χ3v) is 6.95. The number of fused-ring (bicyclic) bond motifs is 1. The van der Waals surface area contributed by atoms with Crippen molar-refractivity contribution in [3.05, 3.63) is 76.7 Å². The molecule has 0 spiro atoms. The molecule has 0 bridgehead atoms. The van der Waals surface area contributed by atoms with Gasteiger partial charge in [-0.05, 0) is 87.3 Å². The molecule has 0 amide bonds. The number of methoxy groups -OCH3 is 1. The number of ether oxygens (including phenoxy) is 1. The number of nitrogens with zero attached hydrogens (tertiary/aromatic N) is 5. The highest BCUT2D eigenvalue weighted by Crippen LogP contribution is 2.28. The summed E-state index contributed by atoms with van der Waals surface area (Å²) in [6.07, 6.45) is 3.76. The molecular weight excluding hydrogens is 464 g/mol. The first-order chi connectivity index (χ1) is 17.9. The van der Waals surface area contributed by atoms with Crippen molar-refractivity contribution in [3.8, 4) is 17.6 Å². The minimum absolute atomic E-state index is 0.0400. The number of nitrogen functional groups attached to an aromatic ring is 1. The molecule has 1 saturated heterocycles. The van der Waals surface area contributed by atoms with E-state index in [1.807, 2.05) is 29.8 Å². The highest BCUT2D eigenvalue weighted by atomic mass is 16.5. The minimum atomic E-state index is 0.0400. The zero-order valence-electron chi connectivity index (χ0n) is 21.4. The van der Waals surface area contributed by atoms with Crippen LogP contribution in [0.25, 0.3) is 11.0 Å². The summed E-state index contributed by atoms with van der Waals surface area (Å²) in [6, 6.07) is 13.3. The average molecular weight is 495 g/mol. The fraction of sp³-hybridized carbons (Fsp3) is 0.310. The van der Waals surface area contributed by atoms with Crippen LogP contribution in [0.15, 0.2) is 48.8 Å². The van der Waals surface area contributed by atoms with Crippen molar-refractivity contribution in [2.45, 2.75) is 32.2 Å². The first kappa shape index (κ1) is 24.5. The number of carbonyl (C=O) groups excluding carboxylic acids is 1. The topological polar surface area (TPSA) is 99.2 Å². The smallest absolute Gasteiger partial charge is 0.167 e. The monoisotopic (exact) mass is 494 g/mol. The molecule has 4 aromatic rings. The Morgan fingerprint density at radius 1 is 1.11 bits per heavy atom. The normalized spacial score (nSPS) is 14.4. The quantitative estimate of drug-likeness (QED) is 0.333. The second-order valence-electron chi connectivity index (χ2n) is 9.51. The molecule has 37 heavy (non-hydrogen) atoms. The van der Waals surface area contributed by atoms with Crippen molar-refractivity contribution < 1.29 is 9.53 Å². The Kier molecular flexibility index (Phi) is 6.89. The molecule has 0 atom stereocenters. The Bertz CT molecular complexity index is 1510. The van der Waals surface area contributed by atoms with E-state index in [-0.39, 0.29) is 18.2 Å². The van der Waals surface area contributed by atoms with Gasteiger partial charge in [0, 0.05) is 17.5 Å². The molecule has 8 nitrogen and oxygen atoms in total. The molecule has 1 aliphatic heterocycles. The van der Waals surface area contributed by atoms with Gasteiger partial charge in [0.2, 0.25) is 0 Å². The van der Waals surface area contributed by atoms with Crippen molar-refractivity contribution in [3.63, 3.8) is 0 Å². The van der Waals surface area contributed by atoms with Gasteiger partial charge >= 0.3 is 0 Å². The number of hydrogen-bond donors (Lipinski definition) is 1. The van der Waals surface area contributed by atoms with E-state index in [1.165, 1.54) is 6.33 Å². The molecular formula is C29H30N6O2. The molecule has 1 aliphatic rings. The van der Waals surface area contributed by atoms with Crippen LogP contribution in [0.3, 0.4) is 0 Å². The molecule has 5 rings (SSSR count). The fourth-order valence-electron chi connectivity index (χ4n) is 4.68. The van der Waals surface area contributed by atoms with Crippen molar-refractivity contribution in [1.82, 2.24) is 24.6 Å². The lowest BCUT2D eigenvalue weighted by atomic mass is 9.99. The highest BCUT2D eigenvalue weighted by Gasteiger charge is 2.24. The molecule has 8 heteroatoms. The number of hydrogen-bond acceptors (Lipinski definition) is 7. The second-order valence-corrected chi connectivity index (χ2v) is 9.51. The van der Waals surface area contributed by atoms with Gasteiger partial charge in [0.15, 0.2) is 11.4 Å². The Hall–Kier alpha value is -4.22. The Labute approximate surface area is 216 Å². The summed E-state index contributed by atoms with van der Waals surface area (Å²) in [7, 11) is 3.74.